The average molecular weight is 383 g/mol. The first-order valence-electron chi connectivity index (χ1n) is 6.82. The van der Waals surface area contributed by atoms with Crippen molar-refractivity contribution >= 4 is 39.1 Å². The molecular weight excluding hydrogens is 366 g/mol. The van der Waals surface area contributed by atoms with Gasteiger partial charge in [-0.1, -0.05) is 33.6 Å². The Morgan fingerprint density at radius 1 is 1.14 bits per heavy atom. The second-order valence-corrected chi connectivity index (χ2v) is 6.40. The normalized spacial score (nSPS) is 10.4. The van der Waals surface area contributed by atoms with Crippen LogP contribution in [0, 0.1) is 20.8 Å². The van der Waals surface area contributed by atoms with E-state index in [9.17, 15) is 4.79 Å². The van der Waals surface area contributed by atoms with Gasteiger partial charge >= 0.3 is 0 Å². The summed E-state index contributed by atoms with van der Waals surface area (Å²) in [5.74, 6) is 0.458. The molecule has 0 aliphatic heterocycles. The Kier molecular flexibility index (Phi) is 5.48. The number of benzene rings is 2. The third kappa shape index (κ3) is 4.24. The van der Waals surface area contributed by atoms with E-state index in [-0.39, 0.29) is 12.5 Å². The van der Waals surface area contributed by atoms with Gasteiger partial charge in [0.2, 0.25) is 0 Å². The van der Waals surface area contributed by atoms with E-state index in [2.05, 4.69) is 21.2 Å². The van der Waals surface area contributed by atoms with Crippen LogP contribution >= 0.6 is 27.5 Å². The lowest BCUT2D eigenvalue weighted by Crippen LogP contribution is -2.20. The smallest absolute Gasteiger partial charge is 0.262 e. The fourth-order valence-electron chi connectivity index (χ4n) is 2.05. The molecule has 5 heteroatoms. The van der Waals surface area contributed by atoms with Gasteiger partial charge in [-0.3, -0.25) is 4.79 Å². The zero-order chi connectivity index (χ0) is 16.3. The molecule has 3 nitrogen and oxygen atoms in total. The molecule has 116 valence electrons. The van der Waals surface area contributed by atoms with E-state index in [0.717, 1.165) is 21.2 Å². The van der Waals surface area contributed by atoms with Crippen LogP contribution in [0.2, 0.25) is 5.02 Å². The standard InChI is InChI=1S/C17H17BrClNO2/c1-10-4-5-13(19)8-15(10)20-16(21)9-22-14-6-11(2)17(18)12(3)7-14/h4-8H,9H2,1-3H3,(H,20,21). The summed E-state index contributed by atoms with van der Waals surface area (Å²) in [6.07, 6.45) is 0. The summed E-state index contributed by atoms with van der Waals surface area (Å²) in [7, 11) is 0. The summed E-state index contributed by atoms with van der Waals surface area (Å²) in [6.45, 7) is 5.83. The molecule has 0 fully saturated rings. The lowest BCUT2D eigenvalue weighted by atomic mass is 10.1. The molecule has 1 N–H and O–H groups in total. The largest absolute Gasteiger partial charge is 0.484 e. The van der Waals surface area contributed by atoms with Crippen molar-refractivity contribution in [2.24, 2.45) is 0 Å². The van der Waals surface area contributed by atoms with E-state index in [1.165, 1.54) is 0 Å². The van der Waals surface area contributed by atoms with Crippen molar-refractivity contribution in [1.82, 2.24) is 0 Å². The Labute approximate surface area is 143 Å². The van der Waals surface area contributed by atoms with E-state index in [4.69, 9.17) is 16.3 Å². The second kappa shape index (κ2) is 7.16. The summed E-state index contributed by atoms with van der Waals surface area (Å²) < 4.78 is 6.62. The number of aryl methyl sites for hydroxylation is 3. The van der Waals surface area contributed by atoms with Crippen LogP contribution in [-0.4, -0.2) is 12.5 Å². The number of amides is 1. The van der Waals surface area contributed by atoms with Crippen LogP contribution < -0.4 is 10.1 Å². The van der Waals surface area contributed by atoms with Crippen molar-refractivity contribution in [2.45, 2.75) is 20.8 Å². The van der Waals surface area contributed by atoms with Gasteiger partial charge in [-0.05, 0) is 61.7 Å². The van der Waals surface area contributed by atoms with Gasteiger partial charge in [-0.25, -0.2) is 0 Å². The molecule has 0 aliphatic carbocycles. The molecular formula is C17H17BrClNO2. The maximum Gasteiger partial charge on any atom is 0.262 e. The highest BCUT2D eigenvalue weighted by atomic mass is 79.9. The minimum Gasteiger partial charge on any atom is -0.484 e. The molecule has 0 saturated carbocycles. The molecule has 22 heavy (non-hydrogen) atoms. The number of carbonyl (C=O) groups is 1. The van der Waals surface area contributed by atoms with Crippen LogP contribution in [-0.2, 0) is 4.79 Å². The van der Waals surface area contributed by atoms with Crippen LogP contribution in [0.4, 0.5) is 5.69 Å². The van der Waals surface area contributed by atoms with Gasteiger partial charge in [0.25, 0.3) is 5.91 Å². The zero-order valence-corrected chi connectivity index (χ0v) is 15.0. The minimum atomic E-state index is -0.219. The zero-order valence-electron chi connectivity index (χ0n) is 12.7. The quantitative estimate of drug-likeness (QED) is 0.804. The summed E-state index contributed by atoms with van der Waals surface area (Å²) in [5, 5.41) is 3.39. The van der Waals surface area contributed by atoms with E-state index >= 15 is 0 Å². The minimum absolute atomic E-state index is 0.0491. The van der Waals surface area contributed by atoms with E-state index in [1.807, 2.05) is 39.0 Å². The lowest BCUT2D eigenvalue weighted by Gasteiger charge is -2.11. The lowest BCUT2D eigenvalue weighted by molar-refractivity contribution is -0.118. The summed E-state index contributed by atoms with van der Waals surface area (Å²) in [4.78, 5) is 12.0. The highest BCUT2D eigenvalue weighted by molar-refractivity contribution is 9.10. The van der Waals surface area contributed by atoms with Crippen LogP contribution in [0.25, 0.3) is 0 Å². The summed E-state index contributed by atoms with van der Waals surface area (Å²) in [5.41, 5.74) is 3.79. The number of hydrogen-bond acceptors (Lipinski definition) is 2. The molecule has 2 aromatic carbocycles. The number of nitrogens with one attached hydrogen (secondary N) is 1. The second-order valence-electron chi connectivity index (χ2n) is 5.17. The molecule has 0 saturated heterocycles. The molecule has 2 aromatic rings. The topological polar surface area (TPSA) is 38.3 Å². The Bertz CT molecular complexity index is 693. The van der Waals surface area contributed by atoms with Crippen molar-refractivity contribution in [2.75, 3.05) is 11.9 Å². The predicted molar refractivity (Wildman–Crippen MR) is 93.9 cm³/mol. The van der Waals surface area contributed by atoms with Crippen molar-refractivity contribution < 1.29 is 9.53 Å². The Morgan fingerprint density at radius 2 is 1.77 bits per heavy atom. The fraction of sp³-hybridized carbons (Fsp3) is 0.235. The molecule has 0 aliphatic rings. The third-order valence-electron chi connectivity index (χ3n) is 3.25. The monoisotopic (exact) mass is 381 g/mol. The highest BCUT2D eigenvalue weighted by Crippen LogP contribution is 2.26. The van der Waals surface area contributed by atoms with Gasteiger partial charge in [0.15, 0.2) is 6.61 Å². The molecule has 0 unspecified atom stereocenters. The Hall–Kier alpha value is -1.52. The first-order chi connectivity index (χ1) is 10.4. The van der Waals surface area contributed by atoms with Gasteiger partial charge < -0.3 is 10.1 Å². The number of hydrogen-bond donors (Lipinski definition) is 1. The van der Waals surface area contributed by atoms with Crippen molar-refractivity contribution in [3.63, 3.8) is 0 Å². The van der Waals surface area contributed by atoms with E-state index < -0.39 is 0 Å². The number of anilines is 1. The summed E-state index contributed by atoms with van der Waals surface area (Å²) >= 11 is 9.44. The Balaban J connectivity index is 2.00. The van der Waals surface area contributed by atoms with Gasteiger partial charge in [-0.2, -0.15) is 0 Å². The molecule has 0 heterocycles. The fourth-order valence-corrected chi connectivity index (χ4v) is 2.45. The van der Waals surface area contributed by atoms with Crippen LogP contribution in [0.5, 0.6) is 5.75 Å². The van der Waals surface area contributed by atoms with E-state index in [1.54, 1.807) is 12.1 Å². The number of carbonyl (C=O) groups excluding carboxylic acids is 1. The summed E-state index contributed by atoms with van der Waals surface area (Å²) in [6, 6.07) is 9.17. The third-order valence-corrected chi connectivity index (χ3v) is 4.74. The van der Waals surface area contributed by atoms with Gasteiger partial charge in [0.05, 0.1) is 0 Å². The Morgan fingerprint density at radius 3 is 2.41 bits per heavy atom. The number of rotatable bonds is 4. The molecule has 0 spiro atoms. The van der Waals surface area contributed by atoms with Crippen molar-refractivity contribution in [3.05, 3.63) is 56.5 Å². The predicted octanol–water partition coefficient (Wildman–Crippen LogP) is 5.05. The molecule has 0 radical (unpaired) electrons. The molecule has 2 rings (SSSR count). The van der Waals surface area contributed by atoms with Crippen molar-refractivity contribution in [1.29, 1.82) is 0 Å². The maximum absolute atomic E-state index is 12.0. The first kappa shape index (κ1) is 16.8. The van der Waals surface area contributed by atoms with Gasteiger partial charge in [0, 0.05) is 15.2 Å². The SMILES string of the molecule is Cc1ccc(Cl)cc1NC(=O)COc1cc(C)c(Br)c(C)c1. The van der Waals surface area contributed by atoms with Crippen LogP contribution in [0.1, 0.15) is 16.7 Å². The number of ether oxygens (including phenoxy) is 1. The molecule has 0 bridgehead atoms. The van der Waals surface area contributed by atoms with Gasteiger partial charge in [-0.15, -0.1) is 0 Å². The molecule has 0 atom stereocenters. The first-order valence-corrected chi connectivity index (χ1v) is 7.99. The molecule has 0 aromatic heterocycles. The maximum atomic E-state index is 12.0. The molecule has 1 amide bonds. The van der Waals surface area contributed by atoms with Crippen molar-refractivity contribution in [3.8, 4) is 5.75 Å². The highest BCUT2D eigenvalue weighted by Gasteiger charge is 2.08. The van der Waals surface area contributed by atoms with Gasteiger partial charge in [0.1, 0.15) is 5.75 Å². The average Bonchev–Trinajstić information content (AvgIpc) is 2.46. The van der Waals surface area contributed by atoms with Crippen LogP contribution in [0.15, 0.2) is 34.8 Å². The number of halogens is 2. The van der Waals surface area contributed by atoms with E-state index in [0.29, 0.717) is 16.5 Å². The van der Waals surface area contributed by atoms with Crippen LogP contribution in [0.3, 0.4) is 0 Å².